The standard InChI is InChI=1S/C15H20N2O3/c1-15(2,3)20-14(19)17-9-7-12(17)5-4-11-6-8-16-13(18)10-11/h4-6,8,10,12H,7,9H2,1-3H3,(H,16,18)/b5-4+. The molecule has 1 atom stereocenters. The van der Waals surface area contributed by atoms with Crippen molar-refractivity contribution in [2.24, 2.45) is 0 Å². The third-order valence-corrected chi connectivity index (χ3v) is 3.00. The van der Waals surface area contributed by atoms with E-state index >= 15 is 0 Å². The predicted octanol–water partition coefficient (Wildman–Crippen LogP) is 2.40. The molecule has 0 aliphatic carbocycles. The van der Waals surface area contributed by atoms with E-state index < -0.39 is 5.60 Å². The van der Waals surface area contributed by atoms with Crippen LogP contribution in [0.15, 0.2) is 29.2 Å². The third kappa shape index (κ3) is 3.73. The Hall–Kier alpha value is -2.04. The number of likely N-dealkylation sites (tertiary alicyclic amines) is 1. The highest BCUT2D eigenvalue weighted by Gasteiger charge is 2.33. The molecule has 1 aliphatic heterocycles. The fraction of sp³-hybridized carbons (Fsp3) is 0.467. The lowest BCUT2D eigenvalue weighted by atomic mass is 10.0. The van der Waals surface area contributed by atoms with Crippen LogP contribution in [0.25, 0.3) is 6.08 Å². The number of aromatic amines is 1. The first-order chi connectivity index (χ1) is 9.35. The van der Waals surface area contributed by atoms with Crippen molar-refractivity contribution in [2.45, 2.75) is 38.8 Å². The average molecular weight is 276 g/mol. The van der Waals surface area contributed by atoms with Crippen molar-refractivity contribution in [3.63, 3.8) is 0 Å². The lowest BCUT2D eigenvalue weighted by molar-refractivity contribution is 0.00292. The summed E-state index contributed by atoms with van der Waals surface area (Å²) < 4.78 is 5.34. The highest BCUT2D eigenvalue weighted by Crippen LogP contribution is 2.22. The zero-order chi connectivity index (χ0) is 14.8. The largest absolute Gasteiger partial charge is 0.444 e. The summed E-state index contributed by atoms with van der Waals surface area (Å²) in [7, 11) is 0. The van der Waals surface area contributed by atoms with Gasteiger partial charge in [0.05, 0.1) is 6.04 Å². The molecule has 1 fully saturated rings. The number of hydrogen-bond donors (Lipinski definition) is 1. The number of H-pyrrole nitrogens is 1. The van der Waals surface area contributed by atoms with E-state index in [9.17, 15) is 9.59 Å². The van der Waals surface area contributed by atoms with E-state index in [2.05, 4.69) is 4.98 Å². The Morgan fingerprint density at radius 3 is 2.80 bits per heavy atom. The summed E-state index contributed by atoms with van der Waals surface area (Å²) in [5.74, 6) is 0. The zero-order valence-corrected chi connectivity index (χ0v) is 12.1. The number of aromatic nitrogens is 1. The van der Waals surface area contributed by atoms with E-state index in [0.29, 0.717) is 6.54 Å². The van der Waals surface area contributed by atoms with Crippen LogP contribution in [0.4, 0.5) is 4.79 Å². The smallest absolute Gasteiger partial charge is 0.410 e. The number of carbonyl (C=O) groups is 1. The Kier molecular flexibility index (Phi) is 3.97. The topological polar surface area (TPSA) is 62.4 Å². The highest BCUT2D eigenvalue weighted by molar-refractivity contribution is 5.70. The highest BCUT2D eigenvalue weighted by atomic mass is 16.6. The maximum atomic E-state index is 11.9. The van der Waals surface area contributed by atoms with Crippen LogP contribution in [0, 0.1) is 0 Å². The summed E-state index contributed by atoms with van der Waals surface area (Å²) >= 11 is 0. The van der Waals surface area contributed by atoms with Crippen LogP contribution in [-0.4, -0.2) is 34.2 Å². The molecule has 20 heavy (non-hydrogen) atoms. The van der Waals surface area contributed by atoms with Crippen molar-refractivity contribution in [3.8, 4) is 0 Å². The number of amides is 1. The molecule has 1 unspecified atom stereocenters. The van der Waals surface area contributed by atoms with E-state index in [1.165, 1.54) is 6.07 Å². The average Bonchev–Trinajstić information content (AvgIpc) is 2.24. The van der Waals surface area contributed by atoms with Gasteiger partial charge in [-0.05, 0) is 38.8 Å². The second-order valence-corrected chi connectivity index (χ2v) is 5.88. The van der Waals surface area contributed by atoms with E-state index in [1.807, 2.05) is 39.0 Å². The molecule has 0 radical (unpaired) electrons. The minimum atomic E-state index is -0.479. The second-order valence-electron chi connectivity index (χ2n) is 5.88. The number of nitrogens with one attached hydrogen (secondary N) is 1. The number of carbonyl (C=O) groups excluding carboxylic acids is 1. The van der Waals surface area contributed by atoms with Crippen molar-refractivity contribution in [1.29, 1.82) is 0 Å². The van der Waals surface area contributed by atoms with Gasteiger partial charge in [-0.25, -0.2) is 4.79 Å². The molecule has 2 rings (SSSR count). The predicted molar refractivity (Wildman–Crippen MR) is 77.4 cm³/mol. The van der Waals surface area contributed by atoms with Crippen LogP contribution >= 0.6 is 0 Å². The van der Waals surface area contributed by atoms with Gasteiger partial charge in [-0.2, -0.15) is 0 Å². The first kappa shape index (κ1) is 14.4. The number of rotatable bonds is 2. The second kappa shape index (κ2) is 5.53. The number of ether oxygens (including phenoxy) is 1. The molecule has 1 aromatic rings. The summed E-state index contributed by atoms with van der Waals surface area (Å²) in [5, 5.41) is 0. The maximum Gasteiger partial charge on any atom is 0.410 e. The maximum absolute atomic E-state index is 11.9. The molecule has 5 nitrogen and oxygen atoms in total. The molecule has 108 valence electrons. The van der Waals surface area contributed by atoms with Crippen molar-refractivity contribution in [3.05, 3.63) is 40.3 Å². The third-order valence-electron chi connectivity index (χ3n) is 3.00. The molecule has 5 heteroatoms. The van der Waals surface area contributed by atoms with E-state index in [1.54, 1.807) is 11.1 Å². The van der Waals surface area contributed by atoms with Crippen LogP contribution in [0.3, 0.4) is 0 Å². The Balaban J connectivity index is 1.97. The number of nitrogens with zero attached hydrogens (tertiary/aromatic N) is 1. The Morgan fingerprint density at radius 1 is 1.50 bits per heavy atom. The summed E-state index contributed by atoms with van der Waals surface area (Å²) in [6.45, 7) is 6.27. The van der Waals surface area contributed by atoms with Gasteiger partial charge >= 0.3 is 6.09 Å². The van der Waals surface area contributed by atoms with Gasteiger partial charge in [-0.3, -0.25) is 4.79 Å². The number of pyridine rings is 1. The molecule has 1 amide bonds. The fourth-order valence-electron chi connectivity index (χ4n) is 1.94. The SMILES string of the molecule is CC(C)(C)OC(=O)N1CCC1/C=C/c1cc[nH]c(=O)c1. The van der Waals surface area contributed by atoms with Gasteiger partial charge in [0.15, 0.2) is 0 Å². The number of hydrogen-bond acceptors (Lipinski definition) is 3. The molecule has 1 aromatic heterocycles. The summed E-state index contributed by atoms with van der Waals surface area (Å²) in [4.78, 5) is 27.4. The van der Waals surface area contributed by atoms with Gasteiger partial charge in [0.2, 0.25) is 5.56 Å². The molecule has 0 bridgehead atoms. The molecule has 2 heterocycles. The van der Waals surface area contributed by atoms with Gasteiger partial charge in [0, 0.05) is 18.8 Å². The first-order valence-corrected chi connectivity index (χ1v) is 6.72. The van der Waals surface area contributed by atoms with Crippen molar-refractivity contribution >= 4 is 12.2 Å². The Labute approximate surface area is 118 Å². The van der Waals surface area contributed by atoms with Gasteiger partial charge in [-0.15, -0.1) is 0 Å². The summed E-state index contributed by atoms with van der Waals surface area (Å²) in [5.41, 5.74) is 0.211. The summed E-state index contributed by atoms with van der Waals surface area (Å²) in [6, 6.07) is 3.38. The van der Waals surface area contributed by atoms with Crippen molar-refractivity contribution < 1.29 is 9.53 Å². The van der Waals surface area contributed by atoms with Gasteiger partial charge < -0.3 is 14.6 Å². The molecule has 1 N–H and O–H groups in total. The first-order valence-electron chi connectivity index (χ1n) is 6.72. The van der Waals surface area contributed by atoms with Crippen LogP contribution in [-0.2, 0) is 4.74 Å². The van der Waals surface area contributed by atoms with Crippen molar-refractivity contribution in [1.82, 2.24) is 9.88 Å². The molecule has 1 saturated heterocycles. The van der Waals surface area contributed by atoms with Gasteiger partial charge in [-0.1, -0.05) is 12.2 Å². The van der Waals surface area contributed by atoms with Crippen LogP contribution < -0.4 is 5.56 Å². The fourth-order valence-corrected chi connectivity index (χ4v) is 1.94. The molecule has 0 spiro atoms. The molecular weight excluding hydrogens is 256 g/mol. The molecule has 1 aliphatic rings. The lowest BCUT2D eigenvalue weighted by Crippen LogP contribution is -2.51. The minimum Gasteiger partial charge on any atom is -0.444 e. The lowest BCUT2D eigenvalue weighted by Gasteiger charge is -2.39. The monoisotopic (exact) mass is 276 g/mol. The minimum absolute atomic E-state index is 0.0455. The van der Waals surface area contributed by atoms with Crippen LogP contribution in [0.5, 0.6) is 0 Å². The van der Waals surface area contributed by atoms with Crippen LogP contribution in [0.2, 0.25) is 0 Å². The van der Waals surface area contributed by atoms with E-state index in [0.717, 1.165) is 12.0 Å². The van der Waals surface area contributed by atoms with Crippen LogP contribution in [0.1, 0.15) is 32.8 Å². The zero-order valence-electron chi connectivity index (χ0n) is 12.1. The Bertz CT molecular complexity index is 569. The van der Waals surface area contributed by atoms with E-state index in [4.69, 9.17) is 4.74 Å². The van der Waals surface area contributed by atoms with E-state index in [-0.39, 0.29) is 17.7 Å². The summed E-state index contributed by atoms with van der Waals surface area (Å²) in [6.07, 6.45) is 6.02. The van der Waals surface area contributed by atoms with Crippen molar-refractivity contribution in [2.75, 3.05) is 6.54 Å². The Morgan fingerprint density at radius 2 is 2.25 bits per heavy atom. The van der Waals surface area contributed by atoms with Gasteiger partial charge in [0.1, 0.15) is 5.60 Å². The molecule has 0 aromatic carbocycles. The molecular formula is C15H20N2O3. The van der Waals surface area contributed by atoms with Gasteiger partial charge in [0.25, 0.3) is 0 Å². The normalized spacial score (nSPS) is 18.9. The molecule has 0 saturated carbocycles. The quantitative estimate of drug-likeness (QED) is 0.902.